The summed E-state index contributed by atoms with van der Waals surface area (Å²) in [7, 11) is 1.60. The Morgan fingerprint density at radius 2 is 2.57 bits per heavy atom. The molecule has 1 saturated heterocycles. The van der Waals surface area contributed by atoms with Gasteiger partial charge in [-0.3, -0.25) is 0 Å². The molecular formula is C4H8O3. The van der Waals surface area contributed by atoms with Gasteiger partial charge in [-0.05, 0) is 0 Å². The van der Waals surface area contributed by atoms with E-state index in [1.54, 1.807) is 7.11 Å². The first kappa shape index (κ1) is 5.03. The van der Waals surface area contributed by atoms with Gasteiger partial charge in [-0.25, -0.2) is 0 Å². The highest BCUT2D eigenvalue weighted by atomic mass is 16.8. The molecule has 7 heavy (non-hydrogen) atoms. The van der Waals surface area contributed by atoms with Gasteiger partial charge in [-0.2, -0.15) is 0 Å². The van der Waals surface area contributed by atoms with Crippen LogP contribution in [0.25, 0.3) is 0 Å². The van der Waals surface area contributed by atoms with E-state index in [4.69, 9.17) is 14.2 Å². The van der Waals surface area contributed by atoms with Crippen molar-refractivity contribution in [3.05, 3.63) is 0 Å². The van der Waals surface area contributed by atoms with E-state index in [9.17, 15) is 0 Å². The summed E-state index contributed by atoms with van der Waals surface area (Å²) in [5, 5.41) is 0. The zero-order valence-electron chi connectivity index (χ0n) is 4.22. The van der Waals surface area contributed by atoms with Crippen molar-refractivity contribution in [1.29, 1.82) is 0 Å². The van der Waals surface area contributed by atoms with Crippen molar-refractivity contribution in [2.45, 2.75) is 6.29 Å². The lowest BCUT2D eigenvalue weighted by Crippen LogP contribution is -2.10. The third kappa shape index (κ3) is 1.12. The van der Waals surface area contributed by atoms with Crippen molar-refractivity contribution in [2.24, 2.45) is 0 Å². The van der Waals surface area contributed by atoms with Crippen molar-refractivity contribution in [3.63, 3.8) is 0 Å². The molecule has 1 atom stereocenters. The molecule has 0 aromatic carbocycles. The largest absolute Gasteiger partial charge is 0.353 e. The van der Waals surface area contributed by atoms with E-state index in [2.05, 4.69) is 0 Å². The van der Waals surface area contributed by atoms with Crippen LogP contribution in [-0.2, 0) is 14.2 Å². The normalized spacial score (nSPS) is 31.3. The molecule has 1 aliphatic heterocycles. The predicted molar refractivity (Wildman–Crippen MR) is 22.7 cm³/mol. The average molecular weight is 104 g/mol. The van der Waals surface area contributed by atoms with Gasteiger partial charge in [0, 0.05) is 7.11 Å². The van der Waals surface area contributed by atoms with Crippen molar-refractivity contribution in [3.8, 4) is 0 Å². The zero-order chi connectivity index (χ0) is 5.11. The molecule has 3 heteroatoms. The maximum Gasteiger partial charge on any atom is 0.183 e. The summed E-state index contributed by atoms with van der Waals surface area (Å²) in [6, 6.07) is 0. The van der Waals surface area contributed by atoms with E-state index in [1.165, 1.54) is 0 Å². The molecule has 1 heterocycles. The summed E-state index contributed by atoms with van der Waals surface area (Å²) in [6.07, 6.45) is -0.125. The summed E-state index contributed by atoms with van der Waals surface area (Å²) in [5.74, 6) is 0. The van der Waals surface area contributed by atoms with E-state index in [0.717, 1.165) is 0 Å². The van der Waals surface area contributed by atoms with Crippen LogP contribution in [0.2, 0.25) is 0 Å². The maximum absolute atomic E-state index is 4.86. The van der Waals surface area contributed by atoms with Crippen molar-refractivity contribution < 1.29 is 14.2 Å². The van der Waals surface area contributed by atoms with Crippen molar-refractivity contribution in [1.82, 2.24) is 0 Å². The van der Waals surface area contributed by atoms with Gasteiger partial charge in [-0.1, -0.05) is 0 Å². The Morgan fingerprint density at radius 1 is 1.71 bits per heavy atom. The molecule has 42 valence electrons. The number of methoxy groups -OCH3 is 1. The Morgan fingerprint density at radius 3 is 2.86 bits per heavy atom. The fraction of sp³-hybridized carbons (Fsp3) is 1.00. The smallest absolute Gasteiger partial charge is 0.183 e. The minimum Gasteiger partial charge on any atom is -0.353 e. The van der Waals surface area contributed by atoms with E-state index < -0.39 is 0 Å². The molecule has 0 amide bonds. The third-order valence-electron chi connectivity index (χ3n) is 0.854. The van der Waals surface area contributed by atoms with E-state index in [0.29, 0.717) is 13.4 Å². The monoisotopic (exact) mass is 104 g/mol. The van der Waals surface area contributed by atoms with Crippen LogP contribution in [0, 0.1) is 0 Å². The highest BCUT2D eigenvalue weighted by Crippen LogP contribution is 2.01. The molecule has 0 bridgehead atoms. The quantitative estimate of drug-likeness (QED) is 0.467. The van der Waals surface area contributed by atoms with Crippen LogP contribution >= 0.6 is 0 Å². The van der Waals surface area contributed by atoms with Crippen LogP contribution in [0.1, 0.15) is 0 Å². The molecule has 1 aliphatic rings. The number of hydrogen-bond donors (Lipinski definition) is 0. The van der Waals surface area contributed by atoms with E-state index in [-0.39, 0.29) is 6.29 Å². The third-order valence-corrected chi connectivity index (χ3v) is 0.854. The Bertz CT molecular complexity index is 48.9. The molecule has 0 aromatic heterocycles. The zero-order valence-corrected chi connectivity index (χ0v) is 4.22. The predicted octanol–water partition coefficient (Wildman–Crippen LogP) is -0.0368. The summed E-state index contributed by atoms with van der Waals surface area (Å²) >= 11 is 0. The molecule has 1 unspecified atom stereocenters. The molecule has 0 aromatic rings. The Balaban J connectivity index is 2.14. The van der Waals surface area contributed by atoms with Gasteiger partial charge >= 0.3 is 0 Å². The van der Waals surface area contributed by atoms with Gasteiger partial charge in [0.05, 0.1) is 0 Å². The Kier molecular flexibility index (Phi) is 1.62. The molecule has 1 rings (SSSR count). The fourth-order valence-corrected chi connectivity index (χ4v) is 0.453. The minimum atomic E-state index is -0.125. The molecule has 0 aliphatic carbocycles. The van der Waals surface area contributed by atoms with Gasteiger partial charge < -0.3 is 14.2 Å². The fourth-order valence-electron chi connectivity index (χ4n) is 0.453. The SMILES string of the molecule is COC1COCO1. The number of ether oxygens (including phenoxy) is 3. The first-order valence-electron chi connectivity index (χ1n) is 2.15. The number of rotatable bonds is 1. The lowest BCUT2D eigenvalue weighted by molar-refractivity contribution is -0.0845. The second-order valence-corrected chi connectivity index (χ2v) is 1.32. The van der Waals surface area contributed by atoms with Gasteiger partial charge in [0.2, 0.25) is 0 Å². The van der Waals surface area contributed by atoms with Gasteiger partial charge in [0.1, 0.15) is 13.4 Å². The molecule has 1 fully saturated rings. The van der Waals surface area contributed by atoms with Crippen LogP contribution in [0.4, 0.5) is 0 Å². The lowest BCUT2D eigenvalue weighted by atomic mass is 10.7. The summed E-state index contributed by atoms with van der Waals surface area (Å²) < 4.78 is 14.4. The molecule has 3 nitrogen and oxygen atoms in total. The summed E-state index contributed by atoms with van der Waals surface area (Å²) in [6.45, 7) is 0.939. The Labute approximate surface area is 42.2 Å². The van der Waals surface area contributed by atoms with Crippen LogP contribution in [0.3, 0.4) is 0 Å². The van der Waals surface area contributed by atoms with Crippen LogP contribution in [0.5, 0.6) is 0 Å². The molecule has 0 N–H and O–H groups in total. The minimum absolute atomic E-state index is 0.125. The second-order valence-electron chi connectivity index (χ2n) is 1.32. The molecule has 0 spiro atoms. The Hall–Kier alpha value is -0.120. The first-order chi connectivity index (χ1) is 3.43. The van der Waals surface area contributed by atoms with E-state index in [1.807, 2.05) is 0 Å². The molecule has 0 radical (unpaired) electrons. The van der Waals surface area contributed by atoms with Gasteiger partial charge in [-0.15, -0.1) is 0 Å². The highest BCUT2D eigenvalue weighted by Gasteiger charge is 2.13. The van der Waals surface area contributed by atoms with Gasteiger partial charge in [0.25, 0.3) is 0 Å². The molecular weight excluding hydrogens is 96.0 g/mol. The van der Waals surface area contributed by atoms with Crippen molar-refractivity contribution in [2.75, 3.05) is 20.5 Å². The topological polar surface area (TPSA) is 27.7 Å². The van der Waals surface area contributed by atoms with Crippen LogP contribution in [0.15, 0.2) is 0 Å². The maximum atomic E-state index is 4.86. The summed E-state index contributed by atoms with van der Waals surface area (Å²) in [5.41, 5.74) is 0. The first-order valence-corrected chi connectivity index (χ1v) is 2.15. The number of hydrogen-bond acceptors (Lipinski definition) is 3. The second kappa shape index (κ2) is 2.26. The summed E-state index contributed by atoms with van der Waals surface area (Å²) in [4.78, 5) is 0. The molecule has 0 saturated carbocycles. The lowest BCUT2D eigenvalue weighted by Gasteiger charge is -2.00. The highest BCUT2D eigenvalue weighted by molar-refractivity contribution is 4.41. The standard InChI is InChI=1S/C4H8O3/c1-5-4-2-6-3-7-4/h4H,2-3H2,1H3. The van der Waals surface area contributed by atoms with Crippen LogP contribution < -0.4 is 0 Å². The average Bonchev–Trinajstić information content (AvgIpc) is 2.14. The van der Waals surface area contributed by atoms with E-state index >= 15 is 0 Å². The van der Waals surface area contributed by atoms with Crippen molar-refractivity contribution >= 4 is 0 Å². The van der Waals surface area contributed by atoms with Crippen LogP contribution in [-0.4, -0.2) is 26.8 Å². The van der Waals surface area contributed by atoms with Gasteiger partial charge in [0.15, 0.2) is 6.29 Å².